The van der Waals surface area contributed by atoms with Gasteiger partial charge in [0.2, 0.25) is 11.8 Å². The van der Waals surface area contributed by atoms with Gasteiger partial charge in [0, 0.05) is 32.9 Å². The average molecular weight is 349 g/mol. The molecule has 3 N–H and O–H groups in total. The van der Waals surface area contributed by atoms with Crippen LogP contribution in [-0.4, -0.2) is 11.8 Å². The number of aryl methyl sites for hydroxylation is 1. The van der Waals surface area contributed by atoms with Crippen molar-refractivity contribution >= 4 is 46.8 Å². The highest BCUT2D eigenvalue weighted by atomic mass is 35.5. The van der Waals surface area contributed by atoms with Gasteiger partial charge in [-0.2, -0.15) is 0 Å². The maximum atomic E-state index is 12.0. The molecule has 0 aliphatic heterocycles. The molecule has 0 aliphatic carbocycles. The van der Waals surface area contributed by atoms with E-state index in [1.54, 1.807) is 49.4 Å². The number of primary amides is 1. The molecule has 0 aromatic heterocycles. The third-order valence-electron chi connectivity index (χ3n) is 3.16. The fraction of sp³-hybridized carbons (Fsp3) is 0.0588. The number of hydrogen-bond donors (Lipinski definition) is 2. The van der Waals surface area contributed by atoms with Gasteiger partial charge < -0.3 is 11.1 Å². The summed E-state index contributed by atoms with van der Waals surface area (Å²) < 4.78 is 0. The van der Waals surface area contributed by atoms with Crippen molar-refractivity contribution in [1.82, 2.24) is 0 Å². The number of carbonyl (C=O) groups excluding carboxylic acids is 2. The molecule has 2 amide bonds. The van der Waals surface area contributed by atoms with Crippen molar-refractivity contribution in [2.45, 2.75) is 6.92 Å². The molecule has 0 unspecified atom stereocenters. The molecule has 0 aliphatic rings. The zero-order chi connectivity index (χ0) is 17.0. The molecule has 0 atom stereocenters. The second kappa shape index (κ2) is 7.31. The Balaban J connectivity index is 2.12. The first-order valence-corrected chi connectivity index (χ1v) is 7.47. The normalized spacial score (nSPS) is 10.7. The number of rotatable bonds is 4. The molecule has 0 bridgehead atoms. The molecule has 4 nitrogen and oxygen atoms in total. The van der Waals surface area contributed by atoms with Gasteiger partial charge in [0.1, 0.15) is 0 Å². The summed E-state index contributed by atoms with van der Waals surface area (Å²) >= 11 is 12.1. The van der Waals surface area contributed by atoms with Crippen LogP contribution in [0.15, 0.2) is 42.5 Å². The number of anilines is 1. The molecule has 0 saturated carbocycles. The summed E-state index contributed by atoms with van der Waals surface area (Å²) in [5.74, 6) is -0.846. The summed E-state index contributed by atoms with van der Waals surface area (Å²) in [6.07, 6.45) is 2.88. The fourth-order valence-corrected chi connectivity index (χ4v) is 2.55. The minimum Gasteiger partial charge on any atom is -0.366 e. The van der Waals surface area contributed by atoms with Crippen LogP contribution in [0.1, 0.15) is 21.5 Å². The average Bonchev–Trinajstić information content (AvgIpc) is 2.46. The predicted octanol–water partition coefficient (Wildman–Crippen LogP) is 4.05. The van der Waals surface area contributed by atoms with Crippen LogP contribution in [-0.2, 0) is 4.79 Å². The van der Waals surface area contributed by atoms with E-state index in [4.69, 9.17) is 28.9 Å². The zero-order valence-electron chi connectivity index (χ0n) is 12.3. The van der Waals surface area contributed by atoms with E-state index in [1.165, 1.54) is 6.08 Å². The lowest BCUT2D eigenvalue weighted by molar-refractivity contribution is -0.111. The van der Waals surface area contributed by atoms with Crippen molar-refractivity contribution in [1.29, 1.82) is 0 Å². The van der Waals surface area contributed by atoms with E-state index in [0.29, 0.717) is 32.4 Å². The van der Waals surface area contributed by atoms with Crippen LogP contribution in [0.2, 0.25) is 10.0 Å². The molecule has 0 spiro atoms. The van der Waals surface area contributed by atoms with Crippen LogP contribution in [0.5, 0.6) is 0 Å². The number of benzene rings is 2. The van der Waals surface area contributed by atoms with Gasteiger partial charge in [-0.3, -0.25) is 9.59 Å². The Kier molecular flexibility index (Phi) is 5.42. The highest BCUT2D eigenvalue weighted by molar-refractivity contribution is 6.37. The number of nitrogens with one attached hydrogen (secondary N) is 1. The largest absolute Gasteiger partial charge is 0.366 e. The van der Waals surface area contributed by atoms with Gasteiger partial charge in [-0.05, 0) is 48.9 Å². The highest BCUT2D eigenvalue weighted by Crippen LogP contribution is 2.25. The van der Waals surface area contributed by atoms with E-state index in [0.717, 1.165) is 0 Å². The first-order valence-electron chi connectivity index (χ1n) is 6.72. The number of halogens is 2. The lowest BCUT2D eigenvalue weighted by Gasteiger charge is -2.06. The number of nitrogens with two attached hydrogens (primary N) is 1. The molecule has 6 heteroatoms. The van der Waals surface area contributed by atoms with Gasteiger partial charge >= 0.3 is 0 Å². The summed E-state index contributed by atoms with van der Waals surface area (Å²) in [5, 5.41) is 3.62. The highest BCUT2D eigenvalue weighted by Gasteiger charge is 2.07. The van der Waals surface area contributed by atoms with E-state index in [9.17, 15) is 9.59 Å². The maximum Gasteiger partial charge on any atom is 0.248 e. The molecule has 0 fully saturated rings. The van der Waals surface area contributed by atoms with Crippen LogP contribution < -0.4 is 11.1 Å². The summed E-state index contributed by atoms with van der Waals surface area (Å²) in [5.41, 5.74) is 7.49. The summed E-state index contributed by atoms with van der Waals surface area (Å²) in [4.78, 5) is 23.1. The van der Waals surface area contributed by atoms with E-state index < -0.39 is 5.91 Å². The zero-order valence-corrected chi connectivity index (χ0v) is 13.8. The molecule has 0 radical (unpaired) electrons. The van der Waals surface area contributed by atoms with Crippen LogP contribution in [0.25, 0.3) is 6.08 Å². The van der Waals surface area contributed by atoms with Crippen molar-refractivity contribution in [2.75, 3.05) is 5.32 Å². The Labute approximate surface area is 143 Å². The van der Waals surface area contributed by atoms with E-state index in [2.05, 4.69) is 5.32 Å². The molecular weight excluding hydrogens is 335 g/mol. The molecule has 118 valence electrons. The molecule has 2 aromatic rings. The van der Waals surface area contributed by atoms with Gasteiger partial charge in [0.05, 0.1) is 0 Å². The van der Waals surface area contributed by atoms with Crippen molar-refractivity contribution in [3.05, 3.63) is 69.2 Å². The van der Waals surface area contributed by atoms with Crippen molar-refractivity contribution in [2.24, 2.45) is 5.73 Å². The smallest absolute Gasteiger partial charge is 0.248 e. The summed E-state index contributed by atoms with van der Waals surface area (Å²) in [6, 6.07) is 9.97. The fourth-order valence-electron chi connectivity index (χ4n) is 2.03. The SMILES string of the molecule is Cc1cc(NC(=O)/C=C/c2c(Cl)cccc2Cl)ccc1C(N)=O. The Morgan fingerprint density at radius 2 is 1.78 bits per heavy atom. The number of carbonyl (C=O) groups is 2. The molecule has 2 rings (SSSR count). The summed E-state index contributed by atoms with van der Waals surface area (Å²) in [7, 11) is 0. The quantitative estimate of drug-likeness (QED) is 0.818. The number of hydrogen-bond acceptors (Lipinski definition) is 2. The van der Waals surface area contributed by atoms with Gasteiger partial charge in [0.15, 0.2) is 0 Å². The van der Waals surface area contributed by atoms with Crippen molar-refractivity contribution < 1.29 is 9.59 Å². The molecule has 2 aromatic carbocycles. The lowest BCUT2D eigenvalue weighted by atomic mass is 10.1. The summed E-state index contributed by atoms with van der Waals surface area (Å²) in [6.45, 7) is 1.75. The Hall–Kier alpha value is -2.30. The van der Waals surface area contributed by atoms with Gasteiger partial charge in [-0.25, -0.2) is 0 Å². The van der Waals surface area contributed by atoms with Crippen LogP contribution in [0.4, 0.5) is 5.69 Å². The minimum absolute atomic E-state index is 0.341. The molecular formula is C17H14Cl2N2O2. The van der Waals surface area contributed by atoms with Crippen LogP contribution >= 0.6 is 23.2 Å². The topological polar surface area (TPSA) is 72.2 Å². The van der Waals surface area contributed by atoms with Crippen LogP contribution in [0, 0.1) is 6.92 Å². The lowest BCUT2D eigenvalue weighted by Crippen LogP contribution is -2.13. The van der Waals surface area contributed by atoms with E-state index in [1.807, 2.05) is 0 Å². The van der Waals surface area contributed by atoms with Crippen molar-refractivity contribution in [3.8, 4) is 0 Å². The van der Waals surface area contributed by atoms with Gasteiger partial charge in [-0.15, -0.1) is 0 Å². The standard InChI is InChI=1S/C17H14Cl2N2O2/c1-10-9-11(5-6-12(10)17(20)23)21-16(22)8-7-13-14(18)3-2-4-15(13)19/h2-9H,1H3,(H2,20,23)(H,21,22)/b8-7+. The van der Waals surface area contributed by atoms with Crippen molar-refractivity contribution in [3.63, 3.8) is 0 Å². The van der Waals surface area contributed by atoms with Gasteiger partial charge in [0.25, 0.3) is 0 Å². The predicted molar refractivity (Wildman–Crippen MR) is 93.8 cm³/mol. The second-order valence-corrected chi connectivity index (χ2v) is 5.67. The number of amides is 2. The first kappa shape index (κ1) is 17.1. The molecule has 23 heavy (non-hydrogen) atoms. The van der Waals surface area contributed by atoms with E-state index >= 15 is 0 Å². The first-order chi connectivity index (χ1) is 10.9. The van der Waals surface area contributed by atoms with E-state index in [-0.39, 0.29) is 5.91 Å². The molecule has 0 saturated heterocycles. The minimum atomic E-state index is -0.506. The second-order valence-electron chi connectivity index (χ2n) is 4.85. The molecule has 0 heterocycles. The monoisotopic (exact) mass is 348 g/mol. The Morgan fingerprint density at radius 3 is 2.35 bits per heavy atom. The third kappa shape index (κ3) is 4.34. The Bertz CT molecular complexity index is 781. The van der Waals surface area contributed by atoms with Crippen LogP contribution in [0.3, 0.4) is 0 Å². The van der Waals surface area contributed by atoms with Gasteiger partial charge in [-0.1, -0.05) is 29.3 Å². The maximum absolute atomic E-state index is 12.0. The Morgan fingerprint density at radius 1 is 1.13 bits per heavy atom. The third-order valence-corrected chi connectivity index (χ3v) is 3.82.